The van der Waals surface area contributed by atoms with Crippen LogP contribution in [0.5, 0.6) is 0 Å². The van der Waals surface area contributed by atoms with Crippen molar-refractivity contribution in [2.24, 2.45) is 10.9 Å². The molecule has 0 aromatic heterocycles. The van der Waals surface area contributed by atoms with E-state index in [1.807, 2.05) is 0 Å². The first kappa shape index (κ1) is 17.5. The summed E-state index contributed by atoms with van der Waals surface area (Å²) < 4.78 is 5.77. The van der Waals surface area contributed by atoms with E-state index in [1.165, 1.54) is 38.5 Å². The van der Waals surface area contributed by atoms with Crippen LogP contribution in [0.4, 0.5) is 0 Å². The number of hydrogen-bond acceptors (Lipinski definition) is 3. The highest BCUT2D eigenvalue weighted by Gasteiger charge is 2.17. The highest BCUT2D eigenvalue weighted by atomic mass is 16.5. The molecule has 1 saturated heterocycles. The lowest BCUT2D eigenvalue weighted by Crippen LogP contribution is -2.43. The lowest BCUT2D eigenvalue weighted by molar-refractivity contribution is -0.0136. The molecule has 0 amide bonds. The molecule has 1 unspecified atom stereocenters. The largest absolute Gasteiger partial charge is 0.374 e. The molecule has 0 radical (unpaired) electrons. The fraction of sp³-hybridized carbons (Fsp3) is 0.941. The Balaban J connectivity index is 1.65. The minimum Gasteiger partial charge on any atom is -0.374 e. The van der Waals surface area contributed by atoms with Crippen molar-refractivity contribution in [3.63, 3.8) is 0 Å². The average molecular weight is 310 g/mol. The lowest BCUT2D eigenvalue weighted by Gasteiger charge is -2.29. The zero-order valence-corrected chi connectivity index (χ0v) is 14.4. The van der Waals surface area contributed by atoms with Crippen molar-refractivity contribution in [2.75, 3.05) is 46.4 Å². The van der Waals surface area contributed by atoms with Gasteiger partial charge in [0.2, 0.25) is 0 Å². The van der Waals surface area contributed by atoms with E-state index in [2.05, 4.69) is 34.5 Å². The molecule has 1 aliphatic heterocycles. The molecule has 22 heavy (non-hydrogen) atoms. The third-order valence-electron chi connectivity index (χ3n) is 4.70. The van der Waals surface area contributed by atoms with Crippen LogP contribution in [-0.2, 0) is 4.74 Å². The number of ether oxygens (including phenoxy) is 1. The van der Waals surface area contributed by atoms with Crippen LogP contribution < -0.4 is 10.6 Å². The first-order valence-electron chi connectivity index (χ1n) is 9.10. The van der Waals surface area contributed by atoms with Gasteiger partial charge in [0.15, 0.2) is 5.96 Å². The monoisotopic (exact) mass is 310 g/mol. The van der Waals surface area contributed by atoms with Crippen LogP contribution in [0, 0.1) is 5.92 Å². The third kappa shape index (κ3) is 6.53. The van der Waals surface area contributed by atoms with Crippen molar-refractivity contribution in [1.29, 1.82) is 0 Å². The fourth-order valence-electron chi connectivity index (χ4n) is 3.41. The standard InChI is InChI=1S/C17H34N4O/c1-3-18-17(19-10-6-9-15-7-4-5-8-15)20-13-16-14-21(2)11-12-22-16/h15-16H,3-14H2,1-2H3,(H2,18,19,20). The molecule has 2 fully saturated rings. The maximum absolute atomic E-state index is 5.77. The summed E-state index contributed by atoms with van der Waals surface area (Å²) in [5.74, 6) is 1.92. The number of guanidine groups is 1. The zero-order valence-electron chi connectivity index (χ0n) is 14.4. The third-order valence-corrected chi connectivity index (χ3v) is 4.70. The number of rotatable bonds is 7. The van der Waals surface area contributed by atoms with Gasteiger partial charge in [0, 0.05) is 26.2 Å². The predicted octanol–water partition coefficient (Wildman–Crippen LogP) is 1.84. The number of aliphatic imine (C=N–C) groups is 1. The molecular formula is C17H34N4O. The summed E-state index contributed by atoms with van der Waals surface area (Å²) in [5, 5.41) is 6.80. The highest BCUT2D eigenvalue weighted by Crippen LogP contribution is 2.28. The Kier molecular flexibility index (Phi) is 8.02. The second-order valence-corrected chi connectivity index (χ2v) is 6.69. The molecule has 1 aliphatic carbocycles. The summed E-state index contributed by atoms with van der Waals surface area (Å²) in [7, 11) is 2.14. The summed E-state index contributed by atoms with van der Waals surface area (Å²) in [6, 6.07) is 0. The SMILES string of the molecule is CCNC(=NCC1CN(C)CCO1)NCCCC1CCCC1. The van der Waals surface area contributed by atoms with E-state index in [9.17, 15) is 0 Å². The molecule has 0 aromatic carbocycles. The van der Waals surface area contributed by atoms with E-state index < -0.39 is 0 Å². The first-order valence-corrected chi connectivity index (χ1v) is 9.10. The zero-order chi connectivity index (χ0) is 15.6. The van der Waals surface area contributed by atoms with E-state index in [0.29, 0.717) is 0 Å². The summed E-state index contributed by atoms with van der Waals surface area (Å²) >= 11 is 0. The molecule has 5 heteroatoms. The summed E-state index contributed by atoms with van der Waals surface area (Å²) in [5.41, 5.74) is 0. The minimum atomic E-state index is 0.229. The Morgan fingerprint density at radius 1 is 1.27 bits per heavy atom. The van der Waals surface area contributed by atoms with Crippen molar-refractivity contribution < 1.29 is 4.74 Å². The summed E-state index contributed by atoms with van der Waals surface area (Å²) in [6.07, 6.45) is 8.62. The van der Waals surface area contributed by atoms with Gasteiger partial charge in [0.25, 0.3) is 0 Å². The molecule has 128 valence electrons. The van der Waals surface area contributed by atoms with Gasteiger partial charge < -0.3 is 20.3 Å². The van der Waals surface area contributed by atoms with Crippen molar-refractivity contribution in [2.45, 2.75) is 51.6 Å². The lowest BCUT2D eigenvalue weighted by atomic mass is 10.0. The Labute approximate surface area is 135 Å². The molecule has 2 N–H and O–H groups in total. The number of hydrogen-bond donors (Lipinski definition) is 2. The van der Waals surface area contributed by atoms with Crippen LogP contribution in [0.2, 0.25) is 0 Å². The Bertz CT molecular complexity index is 329. The Morgan fingerprint density at radius 2 is 2.09 bits per heavy atom. The van der Waals surface area contributed by atoms with E-state index >= 15 is 0 Å². The molecule has 2 rings (SSSR count). The Hall–Kier alpha value is -0.810. The molecule has 2 aliphatic rings. The summed E-state index contributed by atoms with van der Waals surface area (Å²) in [6.45, 7) is 7.60. The van der Waals surface area contributed by atoms with E-state index in [-0.39, 0.29) is 6.10 Å². The first-order chi connectivity index (χ1) is 10.8. The van der Waals surface area contributed by atoms with Crippen LogP contribution in [0.3, 0.4) is 0 Å². The molecule has 1 atom stereocenters. The number of likely N-dealkylation sites (N-methyl/N-ethyl adjacent to an activating group) is 1. The molecule has 5 nitrogen and oxygen atoms in total. The number of morpholine rings is 1. The van der Waals surface area contributed by atoms with Crippen molar-refractivity contribution in [3.8, 4) is 0 Å². The second-order valence-electron chi connectivity index (χ2n) is 6.69. The van der Waals surface area contributed by atoms with Gasteiger partial charge >= 0.3 is 0 Å². The molecule has 1 saturated carbocycles. The van der Waals surface area contributed by atoms with Gasteiger partial charge in [-0.15, -0.1) is 0 Å². The van der Waals surface area contributed by atoms with Gasteiger partial charge in [-0.05, 0) is 32.7 Å². The minimum absolute atomic E-state index is 0.229. The maximum Gasteiger partial charge on any atom is 0.191 e. The average Bonchev–Trinajstić information content (AvgIpc) is 3.02. The smallest absolute Gasteiger partial charge is 0.191 e. The van der Waals surface area contributed by atoms with Crippen LogP contribution in [-0.4, -0.2) is 63.3 Å². The highest BCUT2D eigenvalue weighted by molar-refractivity contribution is 5.79. The van der Waals surface area contributed by atoms with Crippen LogP contribution in [0.15, 0.2) is 4.99 Å². The normalized spacial score (nSPS) is 24.6. The van der Waals surface area contributed by atoms with Crippen LogP contribution >= 0.6 is 0 Å². The van der Waals surface area contributed by atoms with Gasteiger partial charge in [0.1, 0.15) is 0 Å². The van der Waals surface area contributed by atoms with Crippen molar-refractivity contribution in [1.82, 2.24) is 15.5 Å². The van der Waals surface area contributed by atoms with Crippen LogP contribution in [0.1, 0.15) is 45.4 Å². The molecule has 0 bridgehead atoms. The number of nitrogens with one attached hydrogen (secondary N) is 2. The molecule has 1 heterocycles. The number of nitrogens with zero attached hydrogens (tertiary/aromatic N) is 2. The van der Waals surface area contributed by atoms with Gasteiger partial charge in [-0.2, -0.15) is 0 Å². The second kappa shape index (κ2) is 10.1. The molecule has 0 spiro atoms. The Morgan fingerprint density at radius 3 is 2.82 bits per heavy atom. The van der Waals surface area contributed by atoms with E-state index in [0.717, 1.165) is 51.2 Å². The molecular weight excluding hydrogens is 276 g/mol. The van der Waals surface area contributed by atoms with Gasteiger partial charge in [0.05, 0.1) is 19.3 Å². The van der Waals surface area contributed by atoms with Crippen molar-refractivity contribution >= 4 is 5.96 Å². The quantitative estimate of drug-likeness (QED) is 0.428. The summed E-state index contributed by atoms with van der Waals surface area (Å²) in [4.78, 5) is 6.99. The van der Waals surface area contributed by atoms with Crippen molar-refractivity contribution in [3.05, 3.63) is 0 Å². The maximum atomic E-state index is 5.77. The predicted molar refractivity (Wildman–Crippen MR) is 92.4 cm³/mol. The van der Waals surface area contributed by atoms with Gasteiger partial charge in [-0.3, -0.25) is 4.99 Å². The fourth-order valence-corrected chi connectivity index (χ4v) is 3.41. The topological polar surface area (TPSA) is 48.9 Å². The van der Waals surface area contributed by atoms with Crippen LogP contribution in [0.25, 0.3) is 0 Å². The van der Waals surface area contributed by atoms with Gasteiger partial charge in [-0.1, -0.05) is 25.7 Å². The van der Waals surface area contributed by atoms with Gasteiger partial charge in [-0.25, -0.2) is 0 Å². The van der Waals surface area contributed by atoms with E-state index in [4.69, 9.17) is 4.74 Å². The van der Waals surface area contributed by atoms with E-state index in [1.54, 1.807) is 0 Å². The molecule has 0 aromatic rings.